The van der Waals surface area contributed by atoms with Crippen LogP contribution >= 0.6 is 0 Å². The van der Waals surface area contributed by atoms with Gasteiger partial charge in [0.2, 0.25) is 0 Å². The van der Waals surface area contributed by atoms with Crippen LogP contribution in [0.2, 0.25) is 0 Å². The highest BCUT2D eigenvalue weighted by Gasteiger charge is 2.38. The summed E-state index contributed by atoms with van der Waals surface area (Å²) in [6.07, 6.45) is 1.77. The van der Waals surface area contributed by atoms with Gasteiger partial charge in [0.05, 0.1) is 36.8 Å². The minimum Gasteiger partial charge on any atom is -0.444 e. The van der Waals surface area contributed by atoms with E-state index in [4.69, 9.17) is 9.47 Å². The lowest BCUT2D eigenvalue weighted by molar-refractivity contribution is -0.0286. The summed E-state index contributed by atoms with van der Waals surface area (Å²) >= 11 is 0. The Kier molecular flexibility index (Phi) is 8.23. The number of benzene rings is 2. The van der Waals surface area contributed by atoms with Gasteiger partial charge in [-0.15, -0.1) is 0 Å². The molecule has 0 spiro atoms. The van der Waals surface area contributed by atoms with Gasteiger partial charge in [-0.2, -0.15) is 0 Å². The fraction of sp³-hybridized carbons (Fsp3) is 0.452. The molecule has 0 aliphatic carbocycles. The van der Waals surface area contributed by atoms with Crippen LogP contribution in [-0.4, -0.2) is 87.1 Å². The average Bonchev–Trinajstić information content (AvgIpc) is 3.38. The van der Waals surface area contributed by atoms with Crippen LogP contribution < -0.4 is 0 Å². The van der Waals surface area contributed by atoms with Crippen LogP contribution in [0.1, 0.15) is 49.3 Å². The van der Waals surface area contributed by atoms with Crippen LogP contribution in [0.5, 0.6) is 0 Å². The third kappa shape index (κ3) is 6.21. The molecular formula is C31H38N4O5. The van der Waals surface area contributed by atoms with E-state index in [2.05, 4.69) is 4.98 Å². The molecule has 5 rings (SSSR count). The number of aromatic nitrogens is 2. The first-order chi connectivity index (χ1) is 19.2. The molecule has 2 aliphatic heterocycles. The summed E-state index contributed by atoms with van der Waals surface area (Å²) in [7, 11) is 0. The maximum Gasteiger partial charge on any atom is 0.410 e. The fourth-order valence-electron chi connectivity index (χ4n) is 5.44. The molecule has 1 N–H and O–H groups in total. The second-order valence-electron chi connectivity index (χ2n) is 11.5. The van der Waals surface area contributed by atoms with E-state index < -0.39 is 11.7 Å². The molecule has 2 amide bonds. The number of nitrogens with zero attached hydrogens (tertiary/aromatic N) is 4. The number of amides is 2. The molecular weight excluding hydrogens is 508 g/mol. The molecule has 2 aliphatic rings. The van der Waals surface area contributed by atoms with Crippen LogP contribution in [0.15, 0.2) is 67.0 Å². The second-order valence-corrected chi connectivity index (χ2v) is 11.5. The first kappa shape index (κ1) is 27.9. The Hall–Kier alpha value is -3.69. The predicted molar refractivity (Wildman–Crippen MR) is 151 cm³/mol. The number of carbonyl (C=O) groups is 2. The van der Waals surface area contributed by atoms with E-state index in [0.717, 1.165) is 11.1 Å². The van der Waals surface area contributed by atoms with E-state index in [1.807, 2.05) is 90.9 Å². The lowest BCUT2D eigenvalue weighted by atomic mass is 10.0. The zero-order valence-corrected chi connectivity index (χ0v) is 23.4. The van der Waals surface area contributed by atoms with Crippen molar-refractivity contribution in [3.63, 3.8) is 0 Å². The van der Waals surface area contributed by atoms with E-state index in [1.165, 1.54) is 0 Å². The zero-order valence-electron chi connectivity index (χ0n) is 23.4. The molecule has 3 atom stereocenters. The van der Waals surface area contributed by atoms with Gasteiger partial charge in [0.15, 0.2) is 5.69 Å². The predicted octanol–water partition coefficient (Wildman–Crippen LogP) is 4.18. The minimum absolute atomic E-state index is 0.200. The second kappa shape index (κ2) is 11.8. The number of rotatable bonds is 5. The van der Waals surface area contributed by atoms with Gasteiger partial charge in [-0.05, 0) is 39.2 Å². The third-order valence-corrected chi connectivity index (χ3v) is 7.40. The summed E-state index contributed by atoms with van der Waals surface area (Å²) in [5.74, 6) is -0.200. The highest BCUT2D eigenvalue weighted by atomic mass is 16.6. The van der Waals surface area contributed by atoms with Gasteiger partial charge in [-0.25, -0.2) is 9.78 Å². The lowest BCUT2D eigenvalue weighted by Crippen LogP contribution is -2.58. The Morgan fingerprint density at radius 1 is 1.05 bits per heavy atom. The van der Waals surface area contributed by atoms with Crippen molar-refractivity contribution in [2.24, 2.45) is 0 Å². The van der Waals surface area contributed by atoms with Crippen molar-refractivity contribution < 1.29 is 24.2 Å². The standard InChI is InChI=1S/C31H38N4O5/c1-31(2,3)40-30(38)33-15-16-34(24(19-33)18-22-10-6-4-7-11-22)29(37)27-28(23-12-8-5-9-13-23)35(21-32-27)25-20-39-17-14-26(25)36/h4-13,21,24-26,36H,14-20H2,1-3H3/t24-,25+,26-/m1/s1. The third-order valence-electron chi connectivity index (χ3n) is 7.40. The molecule has 212 valence electrons. The highest BCUT2D eigenvalue weighted by Crippen LogP contribution is 2.32. The van der Waals surface area contributed by atoms with Gasteiger partial charge >= 0.3 is 6.09 Å². The van der Waals surface area contributed by atoms with E-state index in [-0.39, 0.29) is 24.1 Å². The molecule has 2 fully saturated rings. The van der Waals surface area contributed by atoms with E-state index >= 15 is 0 Å². The van der Waals surface area contributed by atoms with Gasteiger partial charge in [0.25, 0.3) is 5.91 Å². The Labute approximate surface area is 235 Å². The Morgan fingerprint density at radius 2 is 1.75 bits per heavy atom. The quantitative estimate of drug-likeness (QED) is 0.516. The molecule has 0 saturated carbocycles. The number of ether oxygens (including phenoxy) is 2. The molecule has 2 saturated heterocycles. The summed E-state index contributed by atoms with van der Waals surface area (Å²) < 4.78 is 13.2. The highest BCUT2D eigenvalue weighted by molar-refractivity contribution is 5.98. The number of hydrogen-bond acceptors (Lipinski definition) is 6. The number of aliphatic hydroxyl groups excluding tert-OH is 1. The smallest absolute Gasteiger partial charge is 0.410 e. The average molecular weight is 547 g/mol. The number of imidazole rings is 1. The van der Waals surface area contributed by atoms with Gasteiger partial charge in [-0.1, -0.05) is 60.7 Å². The van der Waals surface area contributed by atoms with Crippen molar-refractivity contribution in [2.45, 2.75) is 57.4 Å². The van der Waals surface area contributed by atoms with Gasteiger partial charge in [0.1, 0.15) is 5.60 Å². The normalized spacial score (nSPS) is 21.8. The lowest BCUT2D eigenvalue weighted by Gasteiger charge is -2.41. The Balaban J connectivity index is 1.48. The van der Waals surface area contributed by atoms with Crippen LogP contribution in [0, 0.1) is 0 Å². The van der Waals surface area contributed by atoms with E-state index in [1.54, 1.807) is 11.2 Å². The summed E-state index contributed by atoms with van der Waals surface area (Å²) in [5.41, 5.74) is 2.30. The molecule has 9 nitrogen and oxygen atoms in total. The van der Waals surface area contributed by atoms with Crippen molar-refractivity contribution in [3.8, 4) is 11.3 Å². The molecule has 40 heavy (non-hydrogen) atoms. The van der Waals surface area contributed by atoms with Crippen molar-refractivity contribution in [1.29, 1.82) is 0 Å². The number of hydrogen-bond donors (Lipinski definition) is 1. The van der Waals surface area contributed by atoms with Crippen LogP contribution in [0.25, 0.3) is 11.3 Å². The van der Waals surface area contributed by atoms with Crippen molar-refractivity contribution in [1.82, 2.24) is 19.4 Å². The summed E-state index contributed by atoms with van der Waals surface area (Å²) in [6.45, 7) is 7.46. The first-order valence-corrected chi connectivity index (χ1v) is 13.9. The Morgan fingerprint density at radius 3 is 2.42 bits per heavy atom. The van der Waals surface area contributed by atoms with Crippen molar-refractivity contribution in [3.05, 3.63) is 78.2 Å². The van der Waals surface area contributed by atoms with Gasteiger partial charge in [-0.3, -0.25) is 4.79 Å². The monoisotopic (exact) mass is 546 g/mol. The van der Waals surface area contributed by atoms with Crippen LogP contribution in [0.3, 0.4) is 0 Å². The summed E-state index contributed by atoms with van der Waals surface area (Å²) in [6, 6.07) is 19.0. The molecule has 3 aromatic rings. The molecule has 3 heterocycles. The minimum atomic E-state index is -0.607. The maximum atomic E-state index is 14.3. The molecule has 0 bridgehead atoms. The van der Waals surface area contributed by atoms with Crippen molar-refractivity contribution >= 4 is 12.0 Å². The van der Waals surface area contributed by atoms with E-state index in [0.29, 0.717) is 57.1 Å². The number of carbonyl (C=O) groups excluding carboxylic acids is 2. The first-order valence-electron chi connectivity index (χ1n) is 13.9. The molecule has 9 heteroatoms. The summed E-state index contributed by atoms with van der Waals surface area (Å²) in [5, 5.41) is 10.8. The molecule has 0 unspecified atom stereocenters. The summed E-state index contributed by atoms with van der Waals surface area (Å²) in [4.78, 5) is 35.4. The fourth-order valence-corrected chi connectivity index (χ4v) is 5.44. The number of piperazine rings is 1. The van der Waals surface area contributed by atoms with Crippen LogP contribution in [0.4, 0.5) is 4.79 Å². The van der Waals surface area contributed by atoms with Gasteiger partial charge < -0.3 is 28.9 Å². The largest absolute Gasteiger partial charge is 0.444 e. The number of aliphatic hydroxyl groups is 1. The van der Waals surface area contributed by atoms with Crippen molar-refractivity contribution in [2.75, 3.05) is 32.8 Å². The molecule has 0 radical (unpaired) electrons. The molecule has 2 aromatic carbocycles. The SMILES string of the molecule is CC(C)(C)OC(=O)N1CCN(C(=O)c2ncn([C@H]3COCC[C@H]3O)c2-c2ccccc2)[C@H](Cc2ccccc2)C1. The zero-order chi connectivity index (χ0) is 28.3. The van der Waals surface area contributed by atoms with E-state index in [9.17, 15) is 14.7 Å². The topological polar surface area (TPSA) is 97.1 Å². The van der Waals surface area contributed by atoms with Crippen LogP contribution in [-0.2, 0) is 15.9 Å². The maximum absolute atomic E-state index is 14.3. The van der Waals surface area contributed by atoms with Gasteiger partial charge in [0, 0.05) is 31.8 Å². The molecule has 1 aromatic heterocycles. The Bertz CT molecular complexity index is 1300.